The third-order valence-electron chi connectivity index (χ3n) is 7.32. The molecule has 0 heterocycles. The van der Waals surface area contributed by atoms with Crippen LogP contribution in [0, 0.1) is 25.7 Å². The first-order valence-corrected chi connectivity index (χ1v) is 13.2. The Morgan fingerprint density at radius 3 is 2.57 bits per heavy atom. The predicted octanol–water partition coefficient (Wildman–Crippen LogP) is 7.49. The summed E-state index contributed by atoms with van der Waals surface area (Å²) in [4.78, 5) is 0. The molecular formula is C31H36BrNO2. The average Bonchev–Trinajstić information content (AvgIpc) is 2.88. The fraction of sp³-hybridized carbons (Fsp3) is 0.355. The van der Waals surface area contributed by atoms with Gasteiger partial charge >= 0.3 is 0 Å². The molecule has 3 aromatic carbocycles. The number of nitrogens with one attached hydrogen (secondary N) is 1. The molecule has 3 nitrogen and oxygen atoms in total. The van der Waals surface area contributed by atoms with Crippen molar-refractivity contribution >= 4 is 15.9 Å². The van der Waals surface area contributed by atoms with Crippen molar-refractivity contribution in [2.45, 2.75) is 45.9 Å². The molecule has 184 valence electrons. The van der Waals surface area contributed by atoms with Gasteiger partial charge in [0.1, 0.15) is 12.4 Å². The third kappa shape index (κ3) is 5.88. The van der Waals surface area contributed by atoms with Gasteiger partial charge in [0.25, 0.3) is 0 Å². The third-order valence-corrected chi connectivity index (χ3v) is 8.10. The van der Waals surface area contributed by atoms with E-state index in [1.807, 2.05) is 19.2 Å². The Bertz CT molecular complexity index is 1140. The fourth-order valence-corrected chi connectivity index (χ4v) is 5.80. The summed E-state index contributed by atoms with van der Waals surface area (Å²) in [5, 5.41) is 3.64. The molecule has 4 heteroatoms. The first-order valence-electron chi connectivity index (χ1n) is 12.4. The Morgan fingerprint density at radius 2 is 1.86 bits per heavy atom. The minimum absolute atomic E-state index is 0.0194. The average molecular weight is 535 g/mol. The molecule has 1 aliphatic carbocycles. The van der Waals surface area contributed by atoms with Gasteiger partial charge in [-0.05, 0) is 78.5 Å². The second kappa shape index (κ2) is 12.0. The van der Waals surface area contributed by atoms with Crippen LogP contribution < -0.4 is 10.1 Å². The second-order valence-electron chi connectivity index (χ2n) is 9.46. The monoisotopic (exact) mass is 533 g/mol. The van der Waals surface area contributed by atoms with Crippen molar-refractivity contribution in [3.05, 3.63) is 111 Å². The number of aryl methyl sites for hydroxylation is 1. The number of fused-ring (bicyclic) bond motifs is 1. The number of benzene rings is 3. The summed E-state index contributed by atoms with van der Waals surface area (Å²) >= 11 is 3.64. The van der Waals surface area contributed by atoms with Crippen LogP contribution in [-0.4, -0.2) is 13.7 Å². The molecule has 0 aromatic heterocycles. The molecular weight excluding hydrogens is 498 g/mol. The minimum Gasteiger partial charge on any atom is -0.489 e. The van der Waals surface area contributed by atoms with Crippen molar-refractivity contribution in [1.29, 1.82) is 0 Å². The first kappa shape index (κ1) is 25.7. The van der Waals surface area contributed by atoms with Crippen LogP contribution in [0.4, 0.5) is 0 Å². The van der Waals surface area contributed by atoms with Crippen molar-refractivity contribution in [3.8, 4) is 5.75 Å². The van der Waals surface area contributed by atoms with Gasteiger partial charge in [-0.15, -0.1) is 6.58 Å². The molecule has 3 aromatic rings. The largest absolute Gasteiger partial charge is 0.489 e. The standard InChI is InChI=1S/C31H36BrNO2/c1-5-24(19-33-18-23-11-7-6-8-12-23)27-16-15-26-21(2)17-29(22(3)30(26)31(27)34-4)35-20-25-13-9-10-14-28(25)32/h5-14,17,24,27,31,33H,1,15-16,18-20H2,2-4H3/t24?,27?,31-/m1/s1. The molecule has 1 N–H and O–H groups in total. The maximum atomic E-state index is 6.36. The molecule has 2 unspecified atom stereocenters. The normalized spacial score (nSPS) is 18.1. The lowest BCUT2D eigenvalue weighted by Crippen LogP contribution is -2.34. The lowest BCUT2D eigenvalue weighted by molar-refractivity contribution is 0.0222. The van der Waals surface area contributed by atoms with Crippen LogP contribution in [0.1, 0.15) is 45.9 Å². The summed E-state index contributed by atoms with van der Waals surface area (Å²) in [7, 11) is 1.84. The quantitative estimate of drug-likeness (QED) is 0.274. The van der Waals surface area contributed by atoms with Gasteiger partial charge in [0.2, 0.25) is 0 Å². The molecule has 4 rings (SSSR count). The maximum Gasteiger partial charge on any atom is 0.123 e. The van der Waals surface area contributed by atoms with E-state index >= 15 is 0 Å². The summed E-state index contributed by atoms with van der Waals surface area (Å²) in [5.74, 6) is 1.63. The molecule has 0 aliphatic heterocycles. The summed E-state index contributed by atoms with van der Waals surface area (Å²) in [6, 6.07) is 21.0. The molecule has 0 fully saturated rings. The molecule has 0 bridgehead atoms. The van der Waals surface area contributed by atoms with Crippen molar-refractivity contribution in [3.63, 3.8) is 0 Å². The molecule has 0 saturated heterocycles. The SMILES string of the molecule is C=CC(CNCc1ccccc1)C1CCc2c(C)cc(OCc3ccccc3Br)c(C)c2[C@@H]1OC. The van der Waals surface area contributed by atoms with Crippen LogP contribution in [-0.2, 0) is 24.3 Å². The van der Waals surface area contributed by atoms with Gasteiger partial charge < -0.3 is 14.8 Å². The lowest BCUT2D eigenvalue weighted by atomic mass is 9.72. The van der Waals surface area contributed by atoms with Gasteiger partial charge in [-0.2, -0.15) is 0 Å². The molecule has 3 atom stereocenters. The van der Waals surface area contributed by atoms with Gasteiger partial charge in [-0.25, -0.2) is 0 Å². The Hall–Kier alpha value is -2.40. The van der Waals surface area contributed by atoms with Crippen LogP contribution in [0.5, 0.6) is 5.75 Å². The highest BCUT2D eigenvalue weighted by atomic mass is 79.9. The van der Waals surface area contributed by atoms with E-state index in [2.05, 4.69) is 96.3 Å². The zero-order valence-corrected chi connectivity index (χ0v) is 22.6. The van der Waals surface area contributed by atoms with Crippen LogP contribution in [0.3, 0.4) is 0 Å². The molecule has 1 aliphatic rings. The topological polar surface area (TPSA) is 30.5 Å². The lowest BCUT2D eigenvalue weighted by Gasteiger charge is -2.38. The highest BCUT2D eigenvalue weighted by Gasteiger charge is 2.36. The summed E-state index contributed by atoms with van der Waals surface area (Å²) in [6.45, 7) is 10.8. The number of rotatable bonds is 10. The Balaban J connectivity index is 1.54. The van der Waals surface area contributed by atoms with E-state index in [1.165, 1.54) is 27.8 Å². The predicted molar refractivity (Wildman–Crippen MR) is 148 cm³/mol. The summed E-state index contributed by atoms with van der Waals surface area (Å²) in [6.07, 6.45) is 4.27. The van der Waals surface area contributed by atoms with Gasteiger partial charge in [-0.3, -0.25) is 0 Å². The molecule has 0 saturated carbocycles. The van der Waals surface area contributed by atoms with E-state index in [9.17, 15) is 0 Å². The second-order valence-corrected chi connectivity index (χ2v) is 10.3. The zero-order chi connectivity index (χ0) is 24.8. The number of ether oxygens (including phenoxy) is 2. The Labute approximate surface area is 218 Å². The van der Waals surface area contributed by atoms with E-state index < -0.39 is 0 Å². The summed E-state index contributed by atoms with van der Waals surface area (Å²) < 4.78 is 13.6. The Morgan fingerprint density at radius 1 is 1.11 bits per heavy atom. The summed E-state index contributed by atoms with van der Waals surface area (Å²) in [5.41, 5.74) is 7.63. The molecule has 0 spiro atoms. The first-order chi connectivity index (χ1) is 17.0. The van der Waals surface area contributed by atoms with Gasteiger partial charge in [0.15, 0.2) is 0 Å². The smallest absolute Gasteiger partial charge is 0.123 e. The number of hydrogen-bond acceptors (Lipinski definition) is 3. The number of halogens is 1. The maximum absolute atomic E-state index is 6.36. The molecule has 0 amide bonds. The molecule has 35 heavy (non-hydrogen) atoms. The molecule has 0 radical (unpaired) electrons. The highest BCUT2D eigenvalue weighted by molar-refractivity contribution is 9.10. The Kier molecular flexibility index (Phi) is 8.83. The van der Waals surface area contributed by atoms with Crippen LogP contribution in [0.25, 0.3) is 0 Å². The number of hydrogen-bond donors (Lipinski definition) is 1. The van der Waals surface area contributed by atoms with E-state index in [1.54, 1.807) is 0 Å². The van der Waals surface area contributed by atoms with Crippen LogP contribution in [0.15, 0.2) is 77.8 Å². The van der Waals surface area contributed by atoms with E-state index in [-0.39, 0.29) is 6.10 Å². The zero-order valence-electron chi connectivity index (χ0n) is 21.0. The van der Waals surface area contributed by atoms with Crippen molar-refractivity contribution in [2.75, 3.05) is 13.7 Å². The van der Waals surface area contributed by atoms with E-state index in [0.29, 0.717) is 18.4 Å². The highest BCUT2D eigenvalue weighted by Crippen LogP contribution is 2.46. The van der Waals surface area contributed by atoms with Crippen molar-refractivity contribution in [1.82, 2.24) is 5.32 Å². The van der Waals surface area contributed by atoms with Crippen molar-refractivity contribution < 1.29 is 9.47 Å². The van der Waals surface area contributed by atoms with E-state index in [4.69, 9.17) is 9.47 Å². The van der Waals surface area contributed by atoms with Crippen LogP contribution in [0.2, 0.25) is 0 Å². The number of methoxy groups -OCH3 is 1. The van der Waals surface area contributed by atoms with Gasteiger partial charge in [-0.1, -0.05) is 70.5 Å². The van der Waals surface area contributed by atoms with E-state index in [0.717, 1.165) is 41.7 Å². The minimum atomic E-state index is 0.0194. The van der Waals surface area contributed by atoms with Gasteiger partial charge in [0.05, 0.1) is 6.10 Å². The van der Waals surface area contributed by atoms with Crippen LogP contribution >= 0.6 is 15.9 Å². The van der Waals surface area contributed by atoms with Crippen molar-refractivity contribution in [2.24, 2.45) is 11.8 Å². The van der Waals surface area contributed by atoms with Gasteiger partial charge in [0, 0.05) is 30.2 Å². The fourth-order valence-electron chi connectivity index (χ4n) is 5.40.